The molecule has 0 saturated carbocycles. The Morgan fingerprint density at radius 3 is 2.32 bits per heavy atom. The Morgan fingerprint density at radius 1 is 1.16 bits per heavy atom. The van der Waals surface area contributed by atoms with Gasteiger partial charge in [-0.25, -0.2) is 0 Å². The van der Waals surface area contributed by atoms with E-state index in [0.29, 0.717) is 0 Å². The molecular formula is C17H28OSi. The number of ether oxygens (including phenoxy) is 1. The normalized spacial score (nSPS) is 23.6. The minimum absolute atomic E-state index is 0.385. The standard InChI is InChI=1S/C17H28OSi/c1-14(2)8-11-19-12-9-16(10-13-19)15-4-6-17(18-3)7-5-15/h4-7,14,16,19H,8-13H2,1-3H3/t16-,19-. The van der Waals surface area contributed by atoms with E-state index in [-0.39, 0.29) is 8.80 Å². The average Bonchev–Trinajstić information content (AvgIpc) is 2.46. The number of rotatable bonds is 5. The van der Waals surface area contributed by atoms with Crippen LogP contribution in [-0.4, -0.2) is 15.9 Å². The van der Waals surface area contributed by atoms with E-state index in [2.05, 4.69) is 38.1 Å². The van der Waals surface area contributed by atoms with Crippen LogP contribution >= 0.6 is 0 Å². The highest BCUT2D eigenvalue weighted by Gasteiger charge is 2.23. The fraction of sp³-hybridized carbons (Fsp3) is 0.647. The van der Waals surface area contributed by atoms with Crippen LogP contribution in [0.3, 0.4) is 0 Å². The van der Waals surface area contributed by atoms with E-state index in [1.165, 1.54) is 24.8 Å². The summed E-state index contributed by atoms with van der Waals surface area (Å²) in [7, 11) is 1.35. The quantitative estimate of drug-likeness (QED) is 0.699. The van der Waals surface area contributed by atoms with Gasteiger partial charge in [0.2, 0.25) is 0 Å². The molecule has 1 aromatic rings. The molecular weight excluding hydrogens is 248 g/mol. The minimum Gasteiger partial charge on any atom is -0.497 e. The Labute approximate surface area is 120 Å². The van der Waals surface area contributed by atoms with Crippen LogP contribution in [0.25, 0.3) is 0 Å². The van der Waals surface area contributed by atoms with Gasteiger partial charge in [0.1, 0.15) is 5.75 Å². The molecule has 0 bridgehead atoms. The lowest BCUT2D eigenvalue weighted by Gasteiger charge is -2.28. The Morgan fingerprint density at radius 2 is 1.79 bits per heavy atom. The fourth-order valence-electron chi connectivity index (χ4n) is 3.23. The highest BCUT2D eigenvalue weighted by Crippen LogP contribution is 2.35. The van der Waals surface area contributed by atoms with Crippen LogP contribution < -0.4 is 4.74 Å². The van der Waals surface area contributed by atoms with Crippen molar-refractivity contribution >= 4 is 8.80 Å². The van der Waals surface area contributed by atoms with Crippen LogP contribution in [-0.2, 0) is 0 Å². The lowest BCUT2D eigenvalue weighted by Crippen LogP contribution is -2.20. The van der Waals surface area contributed by atoms with E-state index in [1.54, 1.807) is 25.2 Å². The van der Waals surface area contributed by atoms with Crippen LogP contribution in [0.1, 0.15) is 44.6 Å². The van der Waals surface area contributed by atoms with Crippen LogP contribution in [0.4, 0.5) is 0 Å². The SMILES string of the molecule is COc1ccc([C@H]2CC[Si@H](CCC(C)C)CC2)cc1. The zero-order valence-electron chi connectivity index (χ0n) is 12.7. The molecule has 2 heteroatoms. The molecule has 1 saturated heterocycles. The van der Waals surface area contributed by atoms with Gasteiger partial charge in [0.15, 0.2) is 0 Å². The van der Waals surface area contributed by atoms with E-state index < -0.39 is 0 Å². The van der Waals surface area contributed by atoms with Crippen molar-refractivity contribution < 1.29 is 4.74 Å². The predicted octanol–water partition coefficient (Wildman–Crippen LogP) is 4.85. The smallest absolute Gasteiger partial charge is 0.118 e. The van der Waals surface area contributed by atoms with Crippen molar-refractivity contribution in [2.24, 2.45) is 5.92 Å². The second-order valence-electron chi connectivity index (χ2n) is 6.46. The average molecular weight is 276 g/mol. The fourth-order valence-corrected chi connectivity index (χ4v) is 6.98. The summed E-state index contributed by atoms with van der Waals surface area (Å²) < 4.78 is 5.23. The summed E-state index contributed by atoms with van der Waals surface area (Å²) in [5, 5.41) is 0. The first-order valence-electron chi connectivity index (χ1n) is 7.83. The van der Waals surface area contributed by atoms with E-state index in [1.807, 2.05) is 0 Å². The molecule has 1 aliphatic heterocycles. The van der Waals surface area contributed by atoms with Crippen molar-refractivity contribution in [1.82, 2.24) is 0 Å². The van der Waals surface area contributed by atoms with Gasteiger partial charge in [-0.1, -0.05) is 50.5 Å². The number of hydrogen-bond donors (Lipinski definition) is 0. The maximum atomic E-state index is 5.23. The molecule has 0 atom stereocenters. The molecule has 1 aromatic carbocycles. The summed E-state index contributed by atoms with van der Waals surface area (Å²) in [5.41, 5.74) is 1.53. The molecule has 1 heterocycles. The largest absolute Gasteiger partial charge is 0.497 e. The number of methoxy groups -OCH3 is 1. The zero-order valence-corrected chi connectivity index (χ0v) is 13.8. The maximum Gasteiger partial charge on any atom is 0.118 e. The third kappa shape index (κ3) is 4.38. The molecule has 0 N–H and O–H groups in total. The molecule has 1 nitrogen and oxygen atoms in total. The van der Waals surface area contributed by atoms with Gasteiger partial charge in [-0.15, -0.1) is 0 Å². The second-order valence-corrected chi connectivity index (χ2v) is 9.93. The molecule has 19 heavy (non-hydrogen) atoms. The Bertz CT molecular complexity index is 363. The van der Waals surface area contributed by atoms with Gasteiger partial charge in [-0.05, 0) is 42.4 Å². The first-order chi connectivity index (χ1) is 9.19. The van der Waals surface area contributed by atoms with Gasteiger partial charge in [0.05, 0.1) is 7.11 Å². The van der Waals surface area contributed by atoms with Gasteiger partial charge < -0.3 is 4.74 Å². The number of hydrogen-bond acceptors (Lipinski definition) is 1. The Hall–Kier alpha value is -0.763. The Balaban J connectivity index is 1.81. The molecule has 0 aliphatic carbocycles. The van der Waals surface area contributed by atoms with Gasteiger partial charge in [-0.2, -0.15) is 0 Å². The minimum atomic E-state index is -0.385. The zero-order chi connectivity index (χ0) is 13.7. The Kier molecular flexibility index (Phi) is 5.50. The first kappa shape index (κ1) is 14.6. The van der Waals surface area contributed by atoms with E-state index in [4.69, 9.17) is 4.74 Å². The molecule has 106 valence electrons. The van der Waals surface area contributed by atoms with Gasteiger partial charge in [0.25, 0.3) is 0 Å². The molecule has 1 aliphatic rings. The monoisotopic (exact) mass is 276 g/mol. The first-order valence-corrected chi connectivity index (χ1v) is 10.3. The maximum absolute atomic E-state index is 5.23. The van der Waals surface area contributed by atoms with E-state index in [9.17, 15) is 0 Å². The highest BCUT2D eigenvalue weighted by molar-refractivity contribution is 6.59. The molecule has 0 radical (unpaired) electrons. The van der Waals surface area contributed by atoms with Gasteiger partial charge in [-0.3, -0.25) is 0 Å². The summed E-state index contributed by atoms with van der Waals surface area (Å²) in [6, 6.07) is 13.4. The van der Waals surface area contributed by atoms with Crippen LogP contribution in [0.15, 0.2) is 24.3 Å². The summed E-state index contributed by atoms with van der Waals surface area (Å²) in [5.74, 6) is 2.68. The van der Waals surface area contributed by atoms with Crippen molar-refractivity contribution in [3.8, 4) is 5.75 Å². The van der Waals surface area contributed by atoms with E-state index in [0.717, 1.165) is 17.6 Å². The molecule has 0 spiro atoms. The summed E-state index contributed by atoms with van der Waals surface area (Å²) in [6.45, 7) is 4.72. The van der Waals surface area contributed by atoms with Gasteiger partial charge >= 0.3 is 0 Å². The molecule has 1 fully saturated rings. The van der Waals surface area contributed by atoms with Gasteiger partial charge in [0, 0.05) is 8.80 Å². The molecule has 0 amide bonds. The third-order valence-corrected chi connectivity index (χ3v) is 8.04. The molecule has 2 rings (SSSR count). The van der Waals surface area contributed by atoms with Crippen LogP contribution in [0.5, 0.6) is 5.75 Å². The lowest BCUT2D eigenvalue weighted by atomic mass is 9.93. The lowest BCUT2D eigenvalue weighted by molar-refractivity contribution is 0.414. The highest BCUT2D eigenvalue weighted by atomic mass is 28.3. The van der Waals surface area contributed by atoms with Crippen molar-refractivity contribution in [1.29, 1.82) is 0 Å². The summed E-state index contributed by atoms with van der Waals surface area (Å²) in [6.07, 6.45) is 4.33. The molecule has 0 aromatic heterocycles. The number of benzene rings is 1. The van der Waals surface area contributed by atoms with Crippen LogP contribution in [0, 0.1) is 5.92 Å². The van der Waals surface area contributed by atoms with Crippen molar-refractivity contribution in [2.75, 3.05) is 7.11 Å². The van der Waals surface area contributed by atoms with Crippen LogP contribution in [0.2, 0.25) is 18.1 Å². The summed E-state index contributed by atoms with van der Waals surface area (Å²) in [4.78, 5) is 0. The van der Waals surface area contributed by atoms with Crippen molar-refractivity contribution in [2.45, 2.75) is 57.2 Å². The predicted molar refractivity (Wildman–Crippen MR) is 86.0 cm³/mol. The second kappa shape index (κ2) is 7.13. The third-order valence-electron chi connectivity index (χ3n) is 4.59. The van der Waals surface area contributed by atoms with Crippen molar-refractivity contribution in [3.63, 3.8) is 0 Å². The van der Waals surface area contributed by atoms with E-state index >= 15 is 0 Å². The topological polar surface area (TPSA) is 9.23 Å². The summed E-state index contributed by atoms with van der Waals surface area (Å²) >= 11 is 0. The van der Waals surface area contributed by atoms with Crippen molar-refractivity contribution in [3.05, 3.63) is 29.8 Å². The molecule has 0 unspecified atom stereocenters.